The van der Waals surface area contributed by atoms with E-state index in [9.17, 15) is 9.18 Å². The van der Waals surface area contributed by atoms with Crippen molar-refractivity contribution in [2.24, 2.45) is 0 Å². The zero-order chi connectivity index (χ0) is 14.5. The van der Waals surface area contributed by atoms with Crippen LogP contribution >= 0.6 is 0 Å². The van der Waals surface area contributed by atoms with Gasteiger partial charge in [0.15, 0.2) is 0 Å². The molecule has 2 nitrogen and oxygen atoms in total. The molecule has 3 heteroatoms. The molecule has 0 aliphatic rings. The van der Waals surface area contributed by atoms with Crippen LogP contribution in [0.25, 0.3) is 0 Å². The molecule has 0 spiro atoms. The third-order valence-corrected chi connectivity index (χ3v) is 3.32. The predicted octanol–water partition coefficient (Wildman–Crippen LogP) is 4.27. The van der Waals surface area contributed by atoms with Crippen LogP contribution in [0.3, 0.4) is 0 Å². The Morgan fingerprint density at radius 3 is 2.55 bits per heavy atom. The smallest absolute Gasteiger partial charge is 0.224 e. The Kier molecular flexibility index (Phi) is 4.51. The van der Waals surface area contributed by atoms with Gasteiger partial charge in [-0.2, -0.15) is 0 Å². The van der Waals surface area contributed by atoms with Crippen LogP contribution in [0.15, 0.2) is 48.5 Å². The molecule has 2 rings (SSSR count). The Hall–Kier alpha value is -2.16. The van der Waals surface area contributed by atoms with E-state index in [1.807, 2.05) is 37.3 Å². The molecule has 0 heterocycles. The second-order valence-corrected chi connectivity index (χ2v) is 5.03. The number of hydrogen-bond donors (Lipinski definition) is 1. The van der Waals surface area contributed by atoms with Crippen LogP contribution in [-0.2, 0) is 4.79 Å². The van der Waals surface area contributed by atoms with E-state index in [1.165, 1.54) is 6.07 Å². The number of rotatable bonds is 4. The minimum atomic E-state index is -0.307. The Balaban J connectivity index is 1.97. The van der Waals surface area contributed by atoms with Crippen LogP contribution in [0.2, 0.25) is 0 Å². The highest BCUT2D eigenvalue weighted by Crippen LogP contribution is 2.20. The normalized spacial score (nSPS) is 11.9. The average molecular weight is 271 g/mol. The fraction of sp³-hybridized carbons (Fsp3) is 0.235. The average Bonchev–Trinajstić information content (AvgIpc) is 2.44. The summed E-state index contributed by atoms with van der Waals surface area (Å²) in [7, 11) is 0. The lowest BCUT2D eigenvalue weighted by Gasteiger charge is -2.12. The number of nitrogens with one attached hydrogen (secondary N) is 1. The molecule has 1 unspecified atom stereocenters. The summed E-state index contributed by atoms with van der Waals surface area (Å²) in [5.74, 6) is -0.282. The summed E-state index contributed by atoms with van der Waals surface area (Å²) in [6.07, 6.45) is 0.375. The van der Waals surface area contributed by atoms with Crippen molar-refractivity contribution < 1.29 is 9.18 Å². The molecule has 0 radical (unpaired) electrons. The number of carbonyl (C=O) groups is 1. The van der Waals surface area contributed by atoms with Gasteiger partial charge in [0.1, 0.15) is 5.82 Å². The highest BCUT2D eigenvalue weighted by molar-refractivity contribution is 5.91. The summed E-state index contributed by atoms with van der Waals surface area (Å²) in [5, 5.41) is 2.73. The number of aryl methyl sites for hydroxylation is 1. The maximum absolute atomic E-state index is 13.4. The molecule has 0 bridgehead atoms. The van der Waals surface area contributed by atoms with Crippen molar-refractivity contribution >= 4 is 11.6 Å². The SMILES string of the molecule is Cc1ccc(NC(=O)CC(C)c2ccccc2)cc1F. The van der Waals surface area contributed by atoms with E-state index in [4.69, 9.17) is 0 Å². The van der Waals surface area contributed by atoms with Gasteiger partial charge in [-0.15, -0.1) is 0 Å². The number of amides is 1. The van der Waals surface area contributed by atoms with Crippen molar-refractivity contribution in [2.75, 3.05) is 5.32 Å². The first-order valence-corrected chi connectivity index (χ1v) is 6.67. The Bertz CT molecular complexity index is 595. The van der Waals surface area contributed by atoms with Crippen LogP contribution in [-0.4, -0.2) is 5.91 Å². The summed E-state index contributed by atoms with van der Waals surface area (Å²) in [6, 6.07) is 14.6. The van der Waals surface area contributed by atoms with E-state index in [1.54, 1.807) is 19.1 Å². The number of hydrogen-bond acceptors (Lipinski definition) is 1. The van der Waals surface area contributed by atoms with Crippen LogP contribution in [0.4, 0.5) is 10.1 Å². The van der Waals surface area contributed by atoms with Gasteiger partial charge in [-0.25, -0.2) is 4.39 Å². The first-order chi connectivity index (χ1) is 9.56. The maximum atomic E-state index is 13.4. The topological polar surface area (TPSA) is 29.1 Å². The number of anilines is 1. The maximum Gasteiger partial charge on any atom is 0.224 e. The predicted molar refractivity (Wildman–Crippen MR) is 79.2 cm³/mol. The molecule has 104 valence electrons. The van der Waals surface area contributed by atoms with Crippen LogP contribution in [0.1, 0.15) is 30.4 Å². The Labute approximate surface area is 118 Å². The largest absolute Gasteiger partial charge is 0.326 e. The Morgan fingerprint density at radius 1 is 1.20 bits per heavy atom. The van der Waals surface area contributed by atoms with Crippen LogP contribution in [0, 0.1) is 12.7 Å². The number of benzene rings is 2. The summed E-state index contributed by atoms with van der Waals surface area (Å²) >= 11 is 0. The third kappa shape index (κ3) is 3.67. The lowest BCUT2D eigenvalue weighted by Crippen LogP contribution is -2.14. The van der Waals surface area contributed by atoms with E-state index >= 15 is 0 Å². The molecule has 1 amide bonds. The lowest BCUT2D eigenvalue weighted by molar-refractivity contribution is -0.116. The van der Waals surface area contributed by atoms with Crippen molar-refractivity contribution in [1.82, 2.24) is 0 Å². The molecule has 2 aromatic carbocycles. The second-order valence-electron chi connectivity index (χ2n) is 5.03. The summed E-state index contributed by atoms with van der Waals surface area (Å²) < 4.78 is 13.4. The highest BCUT2D eigenvalue weighted by Gasteiger charge is 2.11. The third-order valence-electron chi connectivity index (χ3n) is 3.32. The molecular weight excluding hydrogens is 253 g/mol. The monoisotopic (exact) mass is 271 g/mol. The molecule has 1 atom stereocenters. The number of carbonyl (C=O) groups excluding carboxylic acids is 1. The molecule has 0 saturated heterocycles. The fourth-order valence-corrected chi connectivity index (χ4v) is 2.06. The zero-order valence-corrected chi connectivity index (χ0v) is 11.7. The van der Waals surface area contributed by atoms with Gasteiger partial charge in [-0.1, -0.05) is 43.3 Å². The van der Waals surface area contributed by atoms with Gasteiger partial charge in [0, 0.05) is 12.1 Å². The minimum Gasteiger partial charge on any atom is -0.326 e. The van der Waals surface area contributed by atoms with Crippen LogP contribution < -0.4 is 5.32 Å². The van der Waals surface area contributed by atoms with E-state index in [0.29, 0.717) is 17.7 Å². The second kappa shape index (κ2) is 6.33. The molecule has 0 aromatic heterocycles. The molecule has 2 aromatic rings. The summed E-state index contributed by atoms with van der Waals surface area (Å²) in [5.41, 5.74) is 2.19. The van der Waals surface area contributed by atoms with Gasteiger partial charge in [-0.05, 0) is 36.1 Å². The summed E-state index contributed by atoms with van der Waals surface area (Å²) in [6.45, 7) is 3.70. The van der Waals surface area contributed by atoms with E-state index < -0.39 is 0 Å². The van der Waals surface area contributed by atoms with Gasteiger partial charge in [0.05, 0.1) is 0 Å². The van der Waals surface area contributed by atoms with Gasteiger partial charge in [-0.3, -0.25) is 4.79 Å². The first kappa shape index (κ1) is 14.3. The van der Waals surface area contributed by atoms with Gasteiger partial charge >= 0.3 is 0 Å². The molecule has 0 aliphatic heterocycles. The van der Waals surface area contributed by atoms with Crippen LogP contribution in [0.5, 0.6) is 0 Å². The van der Waals surface area contributed by atoms with Crippen molar-refractivity contribution in [3.05, 3.63) is 65.5 Å². The highest BCUT2D eigenvalue weighted by atomic mass is 19.1. The fourth-order valence-electron chi connectivity index (χ4n) is 2.06. The summed E-state index contributed by atoms with van der Waals surface area (Å²) in [4.78, 5) is 12.0. The quantitative estimate of drug-likeness (QED) is 0.884. The van der Waals surface area contributed by atoms with E-state index in [-0.39, 0.29) is 17.6 Å². The van der Waals surface area contributed by atoms with Crippen molar-refractivity contribution in [2.45, 2.75) is 26.2 Å². The standard InChI is InChI=1S/C17H18FNO/c1-12-8-9-15(11-16(12)18)19-17(20)10-13(2)14-6-4-3-5-7-14/h3-9,11,13H,10H2,1-2H3,(H,19,20). The van der Waals surface area contributed by atoms with Gasteiger partial charge < -0.3 is 5.32 Å². The van der Waals surface area contributed by atoms with Gasteiger partial charge in [0.25, 0.3) is 0 Å². The van der Waals surface area contributed by atoms with E-state index in [0.717, 1.165) is 5.56 Å². The first-order valence-electron chi connectivity index (χ1n) is 6.67. The van der Waals surface area contributed by atoms with Crippen molar-refractivity contribution in [1.29, 1.82) is 0 Å². The zero-order valence-electron chi connectivity index (χ0n) is 11.7. The number of halogens is 1. The van der Waals surface area contributed by atoms with E-state index in [2.05, 4.69) is 5.32 Å². The lowest BCUT2D eigenvalue weighted by atomic mass is 9.97. The van der Waals surface area contributed by atoms with Crippen molar-refractivity contribution in [3.63, 3.8) is 0 Å². The molecule has 0 aliphatic carbocycles. The molecular formula is C17H18FNO. The molecule has 0 fully saturated rings. The van der Waals surface area contributed by atoms with Crippen molar-refractivity contribution in [3.8, 4) is 0 Å². The molecule has 20 heavy (non-hydrogen) atoms. The molecule has 0 saturated carbocycles. The minimum absolute atomic E-state index is 0.107. The Morgan fingerprint density at radius 2 is 1.90 bits per heavy atom. The van der Waals surface area contributed by atoms with Gasteiger partial charge in [0.2, 0.25) is 5.91 Å². The molecule has 1 N–H and O–H groups in total.